The molecule has 0 spiro atoms. The molecule has 2 aromatic rings. The Labute approximate surface area is 172 Å². The molecule has 1 aliphatic carbocycles. The molecule has 0 radical (unpaired) electrons. The van der Waals surface area contributed by atoms with Crippen molar-refractivity contribution < 1.29 is 9.59 Å². The standard InChI is InChI=1S/C22H15Cl3O2/c1-12-3-7-14(8-4-12)16(15-9-5-13(2)6-10-15)11-17-18(23)22(27)20(25)19(24)21(17)26/h3-11H,1-2H3. The fourth-order valence-electron chi connectivity index (χ4n) is 2.71. The molecule has 5 heteroatoms. The van der Waals surface area contributed by atoms with E-state index in [1.807, 2.05) is 62.4 Å². The summed E-state index contributed by atoms with van der Waals surface area (Å²) in [5, 5.41) is -0.897. The summed E-state index contributed by atoms with van der Waals surface area (Å²) in [5.41, 5.74) is 4.79. The summed E-state index contributed by atoms with van der Waals surface area (Å²) >= 11 is 17.9. The largest absolute Gasteiger partial charge is 0.287 e. The molecular weight excluding hydrogens is 403 g/mol. The van der Waals surface area contributed by atoms with Crippen molar-refractivity contribution in [2.45, 2.75) is 13.8 Å². The van der Waals surface area contributed by atoms with Crippen LogP contribution in [0.25, 0.3) is 5.57 Å². The number of benzene rings is 2. The molecule has 0 amide bonds. The maximum absolute atomic E-state index is 12.6. The van der Waals surface area contributed by atoms with E-state index < -0.39 is 11.6 Å². The summed E-state index contributed by atoms with van der Waals surface area (Å²) in [6.45, 7) is 3.99. The lowest BCUT2D eigenvalue weighted by atomic mass is 9.92. The van der Waals surface area contributed by atoms with Gasteiger partial charge in [0.25, 0.3) is 0 Å². The predicted molar refractivity (Wildman–Crippen MR) is 111 cm³/mol. The first-order valence-corrected chi connectivity index (χ1v) is 9.33. The summed E-state index contributed by atoms with van der Waals surface area (Å²) in [6, 6.07) is 15.7. The summed E-state index contributed by atoms with van der Waals surface area (Å²) in [5.74, 6) is -1.22. The Morgan fingerprint density at radius 1 is 0.667 bits per heavy atom. The van der Waals surface area contributed by atoms with Gasteiger partial charge in [-0.2, -0.15) is 0 Å². The van der Waals surface area contributed by atoms with Crippen molar-refractivity contribution >= 4 is 51.9 Å². The Morgan fingerprint density at radius 2 is 1.07 bits per heavy atom. The maximum atomic E-state index is 12.6. The van der Waals surface area contributed by atoms with E-state index in [0.29, 0.717) is 0 Å². The highest BCUT2D eigenvalue weighted by Gasteiger charge is 2.31. The Balaban J connectivity index is 2.21. The number of Topliss-reactive ketones (excluding diaryl/α,β-unsaturated/α-hetero) is 2. The van der Waals surface area contributed by atoms with Gasteiger partial charge in [0.15, 0.2) is 0 Å². The second-order valence-corrected chi connectivity index (χ2v) is 7.44. The molecule has 3 rings (SSSR count). The fraction of sp³-hybridized carbons (Fsp3) is 0.0909. The molecule has 0 fully saturated rings. The molecular formula is C22H15Cl3O2. The quantitative estimate of drug-likeness (QED) is 0.568. The number of hydrogen-bond acceptors (Lipinski definition) is 2. The second kappa shape index (κ2) is 7.85. The zero-order chi connectivity index (χ0) is 19.7. The SMILES string of the molecule is Cc1ccc(C(=CC2=C(Cl)C(=O)C(Cl)=C(Cl)C2=O)c2ccc(C)cc2)cc1. The average Bonchev–Trinajstić information content (AvgIpc) is 2.67. The van der Waals surface area contributed by atoms with Crippen LogP contribution in [-0.2, 0) is 9.59 Å². The maximum Gasteiger partial charge on any atom is 0.218 e. The van der Waals surface area contributed by atoms with Crippen LogP contribution >= 0.6 is 34.8 Å². The van der Waals surface area contributed by atoms with E-state index >= 15 is 0 Å². The van der Waals surface area contributed by atoms with E-state index in [0.717, 1.165) is 27.8 Å². The van der Waals surface area contributed by atoms with Gasteiger partial charge in [0.1, 0.15) is 15.1 Å². The van der Waals surface area contributed by atoms with Crippen molar-refractivity contribution in [1.29, 1.82) is 0 Å². The average molecular weight is 418 g/mol. The predicted octanol–water partition coefficient (Wildman–Crippen LogP) is 6.07. The van der Waals surface area contributed by atoms with Crippen LogP contribution in [0.2, 0.25) is 0 Å². The first-order chi connectivity index (χ1) is 12.8. The molecule has 0 aromatic heterocycles. The molecule has 27 heavy (non-hydrogen) atoms. The minimum absolute atomic E-state index is 0.0345. The van der Waals surface area contributed by atoms with Gasteiger partial charge in [0, 0.05) is 5.57 Å². The third-order valence-corrected chi connectivity index (χ3v) is 5.48. The zero-order valence-corrected chi connectivity index (χ0v) is 16.9. The molecule has 0 saturated heterocycles. The normalized spacial score (nSPS) is 14.7. The third-order valence-electron chi connectivity index (χ3n) is 4.29. The lowest BCUT2D eigenvalue weighted by Crippen LogP contribution is -2.17. The highest BCUT2D eigenvalue weighted by atomic mass is 35.5. The van der Waals surface area contributed by atoms with Crippen molar-refractivity contribution in [3.05, 3.63) is 97.5 Å². The number of carbonyl (C=O) groups is 2. The van der Waals surface area contributed by atoms with Crippen LogP contribution < -0.4 is 0 Å². The topological polar surface area (TPSA) is 34.1 Å². The molecule has 0 aliphatic heterocycles. The van der Waals surface area contributed by atoms with E-state index in [-0.39, 0.29) is 20.7 Å². The van der Waals surface area contributed by atoms with Gasteiger partial charge in [0.2, 0.25) is 11.6 Å². The van der Waals surface area contributed by atoms with Crippen LogP contribution in [0.1, 0.15) is 22.3 Å². The minimum Gasteiger partial charge on any atom is -0.287 e. The molecule has 1 aliphatic rings. The third kappa shape index (κ3) is 3.93. The van der Waals surface area contributed by atoms with E-state index in [9.17, 15) is 9.59 Å². The fourth-order valence-corrected chi connectivity index (χ4v) is 3.36. The Hall–Kier alpha value is -2.13. The minimum atomic E-state index is -0.652. The van der Waals surface area contributed by atoms with Gasteiger partial charge in [-0.25, -0.2) is 0 Å². The number of carbonyl (C=O) groups excluding carboxylic acids is 2. The van der Waals surface area contributed by atoms with Crippen LogP contribution in [0.15, 0.2) is 75.3 Å². The van der Waals surface area contributed by atoms with Crippen molar-refractivity contribution in [2.24, 2.45) is 0 Å². The molecule has 0 heterocycles. The monoisotopic (exact) mass is 416 g/mol. The van der Waals surface area contributed by atoms with Gasteiger partial charge in [-0.1, -0.05) is 94.5 Å². The van der Waals surface area contributed by atoms with E-state index in [1.54, 1.807) is 6.08 Å². The zero-order valence-electron chi connectivity index (χ0n) is 14.6. The molecule has 2 aromatic carbocycles. The summed E-state index contributed by atoms with van der Waals surface area (Å²) in [7, 11) is 0. The van der Waals surface area contributed by atoms with Crippen LogP contribution in [-0.4, -0.2) is 11.6 Å². The number of hydrogen-bond donors (Lipinski definition) is 0. The molecule has 2 nitrogen and oxygen atoms in total. The van der Waals surface area contributed by atoms with Gasteiger partial charge in [0.05, 0.1) is 0 Å². The van der Waals surface area contributed by atoms with Crippen LogP contribution in [0.4, 0.5) is 0 Å². The van der Waals surface area contributed by atoms with E-state index in [2.05, 4.69) is 0 Å². The second-order valence-electron chi connectivity index (χ2n) is 6.30. The number of halogens is 3. The van der Waals surface area contributed by atoms with Gasteiger partial charge in [-0.3, -0.25) is 9.59 Å². The lowest BCUT2D eigenvalue weighted by Gasteiger charge is -2.15. The highest BCUT2D eigenvalue weighted by Crippen LogP contribution is 2.35. The Morgan fingerprint density at radius 3 is 1.52 bits per heavy atom. The highest BCUT2D eigenvalue weighted by molar-refractivity contribution is 6.64. The van der Waals surface area contributed by atoms with Crippen molar-refractivity contribution in [1.82, 2.24) is 0 Å². The summed E-state index contributed by atoms with van der Waals surface area (Å²) in [4.78, 5) is 24.8. The van der Waals surface area contributed by atoms with Crippen LogP contribution in [0.5, 0.6) is 0 Å². The first kappa shape index (κ1) is 19.6. The summed E-state index contributed by atoms with van der Waals surface area (Å²) < 4.78 is 0. The summed E-state index contributed by atoms with van der Waals surface area (Å²) in [6.07, 6.45) is 1.60. The number of allylic oxidation sites excluding steroid dienone is 5. The lowest BCUT2D eigenvalue weighted by molar-refractivity contribution is -0.115. The Kier molecular flexibility index (Phi) is 5.71. The molecule has 0 N–H and O–H groups in total. The number of rotatable bonds is 3. The number of ketones is 2. The molecule has 0 unspecified atom stereocenters. The number of aryl methyl sites for hydroxylation is 2. The van der Waals surface area contributed by atoms with Gasteiger partial charge < -0.3 is 0 Å². The van der Waals surface area contributed by atoms with Gasteiger partial charge >= 0.3 is 0 Å². The molecule has 136 valence electrons. The van der Waals surface area contributed by atoms with Crippen molar-refractivity contribution in [3.63, 3.8) is 0 Å². The van der Waals surface area contributed by atoms with Crippen molar-refractivity contribution in [2.75, 3.05) is 0 Å². The Bertz CT molecular complexity index is 977. The first-order valence-electron chi connectivity index (χ1n) is 8.20. The van der Waals surface area contributed by atoms with Gasteiger partial charge in [-0.15, -0.1) is 0 Å². The van der Waals surface area contributed by atoms with Gasteiger partial charge in [-0.05, 0) is 36.6 Å². The van der Waals surface area contributed by atoms with E-state index in [1.165, 1.54) is 0 Å². The van der Waals surface area contributed by atoms with E-state index in [4.69, 9.17) is 34.8 Å². The molecule has 0 bridgehead atoms. The van der Waals surface area contributed by atoms with Crippen LogP contribution in [0, 0.1) is 13.8 Å². The van der Waals surface area contributed by atoms with Crippen LogP contribution in [0.3, 0.4) is 0 Å². The smallest absolute Gasteiger partial charge is 0.218 e. The molecule has 0 atom stereocenters. The van der Waals surface area contributed by atoms with Crippen molar-refractivity contribution in [3.8, 4) is 0 Å². The molecule has 0 saturated carbocycles.